The number of nitrogens with zero attached hydrogens (tertiary/aromatic N) is 3. The van der Waals surface area contributed by atoms with Crippen molar-refractivity contribution in [3.8, 4) is 0 Å². The van der Waals surface area contributed by atoms with Gasteiger partial charge in [-0.1, -0.05) is 27.2 Å². The molecule has 1 aromatic rings. The molecule has 0 saturated heterocycles. The molecule has 1 aliphatic carbocycles. The molecule has 142 valence electrons. The van der Waals surface area contributed by atoms with Crippen LogP contribution in [0.1, 0.15) is 52.3 Å². The van der Waals surface area contributed by atoms with Gasteiger partial charge in [-0.15, -0.1) is 0 Å². The molecular formula is C18H33N5OS. The zero-order valence-electron chi connectivity index (χ0n) is 16.0. The number of imidazole rings is 1. The lowest BCUT2D eigenvalue weighted by atomic mass is 9.95. The van der Waals surface area contributed by atoms with Crippen LogP contribution < -0.4 is 10.6 Å². The Morgan fingerprint density at radius 2 is 2.28 bits per heavy atom. The van der Waals surface area contributed by atoms with Gasteiger partial charge in [-0.25, -0.2) is 4.98 Å². The van der Waals surface area contributed by atoms with Crippen molar-refractivity contribution < 1.29 is 4.21 Å². The standard InChI is InChI=1S/C18H33N5OS/c1-5-25(24)16-8-6-7-15(11-16)22-18(19-4)21-12-17-20-9-10-23(17)13-14(2)3/h9-10,14-16H,5-8,11-13H2,1-4H3,(H2,19,21,22). The monoisotopic (exact) mass is 367 g/mol. The van der Waals surface area contributed by atoms with Crippen molar-refractivity contribution in [1.29, 1.82) is 0 Å². The van der Waals surface area contributed by atoms with Crippen LogP contribution in [0.4, 0.5) is 0 Å². The van der Waals surface area contributed by atoms with Crippen molar-refractivity contribution in [1.82, 2.24) is 20.2 Å². The average molecular weight is 368 g/mol. The summed E-state index contributed by atoms with van der Waals surface area (Å²) in [7, 11) is 1.09. The minimum Gasteiger partial charge on any atom is -0.354 e. The van der Waals surface area contributed by atoms with Crippen LogP contribution in [-0.2, 0) is 23.9 Å². The molecule has 1 aromatic heterocycles. The first-order chi connectivity index (χ1) is 12.0. The minimum atomic E-state index is -0.701. The van der Waals surface area contributed by atoms with Gasteiger partial charge in [-0.05, 0) is 25.2 Å². The van der Waals surface area contributed by atoms with E-state index in [1.54, 1.807) is 7.05 Å². The number of hydrogen-bond acceptors (Lipinski definition) is 3. The van der Waals surface area contributed by atoms with Crippen molar-refractivity contribution in [2.45, 2.75) is 70.8 Å². The van der Waals surface area contributed by atoms with E-state index in [0.29, 0.717) is 23.8 Å². The molecule has 25 heavy (non-hydrogen) atoms. The zero-order valence-corrected chi connectivity index (χ0v) is 16.8. The molecule has 3 atom stereocenters. The van der Waals surface area contributed by atoms with E-state index in [1.165, 1.54) is 0 Å². The van der Waals surface area contributed by atoms with E-state index in [1.807, 2.05) is 19.3 Å². The highest BCUT2D eigenvalue weighted by atomic mass is 32.2. The highest BCUT2D eigenvalue weighted by molar-refractivity contribution is 7.85. The Morgan fingerprint density at radius 3 is 2.96 bits per heavy atom. The first kappa shape index (κ1) is 19.9. The number of rotatable bonds is 7. The SMILES string of the molecule is CCS(=O)C1CCCC(NC(=NC)NCc2nccn2CC(C)C)C1. The van der Waals surface area contributed by atoms with Gasteiger partial charge in [0.2, 0.25) is 0 Å². The molecule has 0 amide bonds. The molecule has 3 unspecified atom stereocenters. The Hall–Kier alpha value is -1.37. The summed E-state index contributed by atoms with van der Waals surface area (Å²) < 4.78 is 14.3. The third-order valence-electron chi connectivity index (χ3n) is 4.62. The highest BCUT2D eigenvalue weighted by Gasteiger charge is 2.26. The zero-order chi connectivity index (χ0) is 18.2. The van der Waals surface area contributed by atoms with Gasteiger partial charge >= 0.3 is 0 Å². The Bertz CT molecular complexity index is 584. The number of guanidine groups is 1. The lowest BCUT2D eigenvalue weighted by molar-refractivity contribution is 0.413. The number of aromatic nitrogens is 2. The van der Waals surface area contributed by atoms with Crippen LogP contribution in [0.2, 0.25) is 0 Å². The second kappa shape index (κ2) is 9.94. The van der Waals surface area contributed by atoms with E-state index in [-0.39, 0.29) is 0 Å². The minimum absolute atomic E-state index is 0.319. The van der Waals surface area contributed by atoms with Crippen LogP contribution >= 0.6 is 0 Å². The average Bonchev–Trinajstić information content (AvgIpc) is 3.04. The molecule has 1 saturated carbocycles. The molecule has 0 radical (unpaired) electrons. The summed E-state index contributed by atoms with van der Waals surface area (Å²) in [5.41, 5.74) is 0. The van der Waals surface area contributed by atoms with Gasteiger partial charge < -0.3 is 15.2 Å². The molecule has 6 nitrogen and oxygen atoms in total. The molecule has 0 aromatic carbocycles. The first-order valence-corrected chi connectivity index (χ1v) is 10.8. The second-order valence-electron chi connectivity index (χ2n) is 7.11. The first-order valence-electron chi connectivity index (χ1n) is 9.37. The molecule has 1 fully saturated rings. The van der Waals surface area contributed by atoms with Gasteiger partial charge in [0.15, 0.2) is 5.96 Å². The smallest absolute Gasteiger partial charge is 0.191 e. The lowest BCUT2D eigenvalue weighted by Gasteiger charge is -2.30. The summed E-state index contributed by atoms with van der Waals surface area (Å²) in [6, 6.07) is 0.343. The van der Waals surface area contributed by atoms with Crippen LogP contribution in [-0.4, -0.2) is 43.8 Å². The predicted octanol–water partition coefficient (Wildman–Crippen LogP) is 2.28. The maximum Gasteiger partial charge on any atom is 0.191 e. The van der Waals surface area contributed by atoms with Crippen LogP contribution in [0.15, 0.2) is 17.4 Å². The number of aliphatic imine (C=N–C) groups is 1. The van der Waals surface area contributed by atoms with Gasteiger partial charge in [-0.3, -0.25) is 9.20 Å². The van der Waals surface area contributed by atoms with Crippen LogP contribution in [0.25, 0.3) is 0 Å². The fraction of sp³-hybridized carbons (Fsp3) is 0.778. The van der Waals surface area contributed by atoms with Gasteiger partial charge in [0, 0.05) is 53.8 Å². The maximum absolute atomic E-state index is 12.1. The Kier molecular flexibility index (Phi) is 7.93. The van der Waals surface area contributed by atoms with Gasteiger partial charge in [0.05, 0.1) is 6.54 Å². The van der Waals surface area contributed by atoms with Crippen molar-refractivity contribution >= 4 is 16.8 Å². The third-order valence-corrected chi connectivity index (χ3v) is 6.37. The third kappa shape index (κ3) is 6.13. The summed E-state index contributed by atoms with van der Waals surface area (Å²) in [6.45, 7) is 8.04. The molecule has 1 heterocycles. The van der Waals surface area contributed by atoms with Crippen molar-refractivity contribution in [3.63, 3.8) is 0 Å². The topological polar surface area (TPSA) is 71.3 Å². The van der Waals surface area contributed by atoms with E-state index in [0.717, 1.165) is 49.8 Å². The summed E-state index contributed by atoms with van der Waals surface area (Å²) in [4.78, 5) is 8.79. The van der Waals surface area contributed by atoms with E-state index >= 15 is 0 Å². The van der Waals surface area contributed by atoms with E-state index in [4.69, 9.17) is 0 Å². The van der Waals surface area contributed by atoms with Crippen LogP contribution in [0.3, 0.4) is 0 Å². The predicted molar refractivity (Wildman–Crippen MR) is 105 cm³/mol. The molecule has 7 heteroatoms. The van der Waals surface area contributed by atoms with Gasteiger partial charge in [-0.2, -0.15) is 0 Å². The molecule has 0 aliphatic heterocycles. The normalized spacial score (nSPS) is 22.8. The summed E-state index contributed by atoms with van der Waals surface area (Å²) in [5.74, 6) is 3.16. The van der Waals surface area contributed by atoms with E-state index in [9.17, 15) is 4.21 Å². The lowest BCUT2D eigenvalue weighted by Crippen LogP contribution is -2.46. The Balaban J connectivity index is 1.87. The maximum atomic E-state index is 12.1. The van der Waals surface area contributed by atoms with E-state index < -0.39 is 10.8 Å². The summed E-state index contributed by atoms with van der Waals surface area (Å²) >= 11 is 0. The summed E-state index contributed by atoms with van der Waals surface area (Å²) in [5, 5.41) is 7.19. The molecule has 0 bridgehead atoms. The Morgan fingerprint density at radius 1 is 1.48 bits per heavy atom. The molecule has 2 N–H and O–H groups in total. The van der Waals surface area contributed by atoms with Crippen molar-refractivity contribution in [2.75, 3.05) is 12.8 Å². The van der Waals surface area contributed by atoms with Crippen LogP contribution in [0.5, 0.6) is 0 Å². The molecule has 0 spiro atoms. The fourth-order valence-corrected chi connectivity index (χ4v) is 4.72. The fourth-order valence-electron chi connectivity index (χ4n) is 3.37. The highest BCUT2D eigenvalue weighted by Crippen LogP contribution is 2.22. The van der Waals surface area contributed by atoms with Crippen molar-refractivity contribution in [2.24, 2.45) is 10.9 Å². The Labute approximate surface area is 154 Å². The van der Waals surface area contributed by atoms with E-state index in [2.05, 4.69) is 39.0 Å². The van der Waals surface area contributed by atoms with Crippen molar-refractivity contribution in [3.05, 3.63) is 18.2 Å². The number of nitrogens with one attached hydrogen (secondary N) is 2. The second-order valence-corrected chi connectivity index (χ2v) is 9.12. The number of hydrogen-bond donors (Lipinski definition) is 2. The van der Waals surface area contributed by atoms with Crippen LogP contribution in [0, 0.1) is 5.92 Å². The van der Waals surface area contributed by atoms with Gasteiger partial charge in [0.1, 0.15) is 5.82 Å². The molecule has 1 aliphatic rings. The van der Waals surface area contributed by atoms with Gasteiger partial charge in [0.25, 0.3) is 0 Å². The summed E-state index contributed by atoms with van der Waals surface area (Å²) in [6.07, 6.45) is 8.16. The largest absolute Gasteiger partial charge is 0.354 e. The quantitative estimate of drug-likeness (QED) is 0.573. The molecule has 2 rings (SSSR count). The molecular weight excluding hydrogens is 334 g/mol.